The second kappa shape index (κ2) is 5.04. The zero-order valence-corrected chi connectivity index (χ0v) is 10.1. The molecule has 0 bridgehead atoms. The van der Waals surface area contributed by atoms with Gasteiger partial charge in [-0.1, -0.05) is 30.3 Å². The molecular weight excluding hydrogens is 230 g/mol. The summed E-state index contributed by atoms with van der Waals surface area (Å²) in [6, 6.07) is 9.44. The SMILES string of the molecule is COC(=O)C1C(=O)C=C(N)CC1c1ccccc1. The lowest BCUT2D eigenvalue weighted by Gasteiger charge is -2.27. The molecule has 2 N–H and O–H groups in total. The van der Waals surface area contributed by atoms with Crippen LogP contribution >= 0.6 is 0 Å². The summed E-state index contributed by atoms with van der Waals surface area (Å²) >= 11 is 0. The quantitative estimate of drug-likeness (QED) is 0.631. The standard InChI is InChI=1S/C14H15NO3/c1-18-14(17)13-11(7-10(15)8-12(13)16)9-5-3-2-4-6-9/h2-6,8,11,13H,7,15H2,1H3. The normalized spacial score (nSPS) is 23.4. The third-order valence-electron chi connectivity index (χ3n) is 3.18. The number of allylic oxidation sites excluding steroid dienone is 2. The molecule has 0 saturated heterocycles. The lowest BCUT2D eigenvalue weighted by molar-refractivity contribution is -0.149. The summed E-state index contributed by atoms with van der Waals surface area (Å²) < 4.78 is 4.72. The Balaban J connectivity index is 2.40. The summed E-state index contributed by atoms with van der Waals surface area (Å²) in [4.78, 5) is 23.7. The maximum Gasteiger partial charge on any atom is 0.317 e. The maximum atomic E-state index is 11.9. The van der Waals surface area contributed by atoms with E-state index in [9.17, 15) is 9.59 Å². The van der Waals surface area contributed by atoms with Crippen LogP contribution in [0, 0.1) is 5.92 Å². The Bertz CT molecular complexity index is 493. The van der Waals surface area contributed by atoms with Gasteiger partial charge < -0.3 is 10.5 Å². The number of esters is 1. The summed E-state index contributed by atoms with van der Waals surface area (Å²) in [5, 5.41) is 0. The van der Waals surface area contributed by atoms with Gasteiger partial charge in [-0.3, -0.25) is 9.59 Å². The average Bonchev–Trinajstić information content (AvgIpc) is 2.38. The van der Waals surface area contributed by atoms with Crippen molar-refractivity contribution in [3.8, 4) is 0 Å². The van der Waals surface area contributed by atoms with Crippen LogP contribution in [0.15, 0.2) is 42.1 Å². The minimum atomic E-state index is -0.787. The van der Waals surface area contributed by atoms with Gasteiger partial charge in [0.25, 0.3) is 0 Å². The van der Waals surface area contributed by atoms with Crippen molar-refractivity contribution in [3.05, 3.63) is 47.7 Å². The van der Waals surface area contributed by atoms with Crippen LogP contribution in [0.2, 0.25) is 0 Å². The Morgan fingerprint density at radius 1 is 1.33 bits per heavy atom. The van der Waals surface area contributed by atoms with Gasteiger partial charge in [0.1, 0.15) is 5.92 Å². The Kier molecular flexibility index (Phi) is 3.46. The molecule has 0 amide bonds. The van der Waals surface area contributed by atoms with Gasteiger partial charge in [0, 0.05) is 17.7 Å². The fourth-order valence-corrected chi connectivity index (χ4v) is 2.32. The number of carbonyl (C=O) groups is 2. The van der Waals surface area contributed by atoms with Crippen LogP contribution in [0.25, 0.3) is 0 Å². The number of ether oxygens (including phenoxy) is 1. The molecule has 2 unspecified atom stereocenters. The van der Waals surface area contributed by atoms with Gasteiger partial charge in [0.2, 0.25) is 0 Å². The maximum absolute atomic E-state index is 11.9. The molecule has 1 aromatic rings. The second-order valence-electron chi connectivity index (χ2n) is 4.34. The van der Waals surface area contributed by atoms with Crippen molar-refractivity contribution in [2.75, 3.05) is 7.11 Å². The molecule has 0 aliphatic heterocycles. The minimum Gasteiger partial charge on any atom is -0.468 e. The Labute approximate surface area is 105 Å². The van der Waals surface area contributed by atoms with Crippen LogP contribution in [-0.4, -0.2) is 18.9 Å². The van der Waals surface area contributed by atoms with Gasteiger partial charge in [-0.2, -0.15) is 0 Å². The van der Waals surface area contributed by atoms with Crippen molar-refractivity contribution in [3.63, 3.8) is 0 Å². The predicted molar refractivity (Wildman–Crippen MR) is 66.6 cm³/mol. The van der Waals surface area contributed by atoms with Crippen LogP contribution in [0.3, 0.4) is 0 Å². The number of hydrogen-bond acceptors (Lipinski definition) is 4. The summed E-state index contributed by atoms with van der Waals surface area (Å²) in [6.07, 6.45) is 1.83. The number of ketones is 1. The molecule has 4 nitrogen and oxygen atoms in total. The highest BCUT2D eigenvalue weighted by atomic mass is 16.5. The van der Waals surface area contributed by atoms with E-state index in [1.807, 2.05) is 30.3 Å². The van der Waals surface area contributed by atoms with Crippen LogP contribution < -0.4 is 5.73 Å². The molecule has 4 heteroatoms. The molecule has 18 heavy (non-hydrogen) atoms. The molecule has 0 aromatic heterocycles. The Morgan fingerprint density at radius 3 is 2.61 bits per heavy atom. The largest absolute Gasteiger partial charge is 0.468 e. The highest BCUT2D eigenvalue weighted by Gasteiger charge is 2.38. The first-order chi connectivity index (χ1) is 8.63. The van der Waals surface area contributed by atoms with Crippen LogP contribution in [0.4, 0.5) is 0 Å². The summed E-state index contributed by atoms with van der Waals surface area (Å²) in [5.41, 5.74) is 7.18. The lowest BCUT2D eigenvalue weighted by atomic mass is 9.77. The van der Waals surface area contributed by atoms with Gasteiger partial charge >= 0.3 is 5.97 Å². The zero-order chi connectivity index (χ0) is 13.1. The number of methoxy groups -OCH3 is 1. The molecule has 94 valence electrons. The first kappa shape index (κ1) is 12.4. The molecule has 0 fully saturated rings. The number of carbonyl (C=O) groups excluding carboxylic acids is 2. The van der Waals surface area contributed by atoms with Crippen molar-refractivity contribution in [1.82, 2.24) is 0 Å². The molecule has 2 atom stereocenters. The third-order valence-corrected chi connectivity index (χ3v) is 3.18. The van der Waals surface area contributed by atoms with Crippen molar-refractivity contribution in [1.29, 1.82) is 0 Å². The second-order valence-corrected chi connectivity index (χ2v) is 4.34. The fraction of sp³-hybridized carbons (Fsp3) is 0.286. The van der Waals surface area contributed by atoms with Crippen molar-refractivity contribution in [2.45, 2.75) is 12.3 Å². The van der Waals surface area contributed by atoms with Crippen LogP contribution in [0.1, 0.15) is 17.9 Å². The van der Waals surface area contributed by atoms with E-state index in [2.05, 4.69) is 0 Å². The number of nitrogens with two attached hydrogens (primary N) is 1. The first-order valence-corrected chi connectivity index (χ1v) is 5.76. The summed E-state index contributed by atoms with van der Waals surface area (Å²) in [7, 11) is 1.29. The van der Waals surface area contributed by atoms with Crippen molar-refractivity contribution < 1.29 is 14.3 Å². The molecular formula is C14H15NO3. The monoisotopic (exact) mass is 245 g/mol. The third kappa shape index (κ3) is 2.27. The number of benzene rings is 1. The molecule has 2 rings (SSSR count). The molecule has 0 spiro atoms. The van der Waals surface area contributed by atoms with E-state index in [0.29, 0.717) is 12.1 Å². The van der Waals surface area contributed by atoms with Crippen LogP contribution in [0.5, 0.6) is 0 Å². The number of rotatable bonds is 2. The summed E-state index contributed by atoms with van der Waals surface area (Å²) in [6.45, 7) is 0. The lowest BCUT2D eigenvalue weighted by Crippen LogP contribution is -2.34. The topological polar surface area (TPSA) is 69.4 Å². The van der Waals surface area contributed by atoms with Gasteiger partial charge in [0.05, 0.1) is 7.11 Å². The molecule has 0 radical (unpaired) electrons. The van der Waals surface area contributed by atoms with E-state index in [4.69, 9.17) is 10.5 Å². The predicted octanol–water partition coefficient (Wildman–Crippen LogP) is 1.37. The molecule has 0 heterocycles. The van der Waals surface area contributed by atoms with E-state index >= 15 is 0 Å². The Hall–Kier alpha value is -2.10. The van der Waals surface area contributed by atoms with E-state index in [1.54, 1.807) is 0 Å². The van der Waals surface area contributed by atoms with E-state index in [1.165, 1.54) is 13.2 Å². The van der Waals surface area contributed by atoms with E-state index in [0.717, 1.165) is 5.56 Å². The smallest absolute Gasteiger partial charge is 0.317 e. The zero-order valence-electron chi connectivity index (χ0n) is 10.1. The van der Waals surface area contributed by atoms with Crippen molar-refractivity contribution >= 4 is 11.8 Å². The highest BCUT2D eigenvalue weighted by molar-refractivity contribution is 6.06. The van der Waals surface area contributed by atoms with E-state index in [-0.39, 0.29) is 11.7 Å². The average molecular weight is 245 g/mol. The molecule has 1 aliphatic carbocycles. The molecule has 1 aliphatic rings. The molecule has 1 aromatic carbocycles. The van der Waals surface area contributed by atoms with Gasteiger partial charge in [-0.25, -0.2) is 0 Å². The number of hydrogen-bond donors (Lipinski definition) is 1. The van der Waals surface area contributed by atoms with Gasteiger partial charge in [-0.05, 0) is 12.0 Å². The van der Waals surface area contributed by atoms with Crippen LogP contribution in [-0.2, 0) is 14.3 Å². The summed E-state index contributed by atoms with van der Waals surface area (Å²) in [5.74, 6) is -1.81. The van der Waals surface area contributed by atoms with E-state index < -0.39 is 11.9 Å². The highest BCUT2D eigenvalue weighted by Crippen LogP contribution is 2.35. The van der Waals surface area contributed by atoms with Gasteiger partial charge in [-0.15, -0.1) is 0 Å². The molecule has 0 saturated carbocycles. The minimum absolute atomic E-state index is 0.240. The van der Waals surface area contributed by atoms with Crippen molar-refractivity contribution in [2.24, 2.45) is 11.7 Å². The fourth-order valence-electron chi connectivity index (χ4n) is 2.32. The Morgan fingerprint density at radius 2 is 2.00 bits per heavy atom. The van der Waals surface area contributed by atoms with Gasteiger partial charge in [0.15, 0.2) is 5.78 Å². The first-order valence-electron chi connectivity index (χ1n) is 5.76.